The molecular formula is C18H26N4O2. The maximum Gasteiger partial charge on any atom is 0.274 e. The second-order valence-corrected chi connectivity index (χ2v) is 7.07. The van der Waals surface area contributed by atoms with Gasteiger partial charge in [0.15, 0.2) is 5.69 Å². The second kappa shape index (κ2) is 7.35. The first-order valence-electron chi connectivity index (χ1n) is 8.99. The lowest BCUT2D eigenvalue weighted by Gasteiger charge is -2.27. The van der Waals surface area contributed by atoms with Gasteiger partial charge in [0.05, 0.1) is 30.4 Å². The SMILES string of the molecule is C[C@@H]1Cc2c(C(=O)N(CCC#N)CC3CCCC3)n[nH]c2[C@H](C)O1. The number of carbonyl (C=O) groups is 1. The van der Waals surface area contributed by atoms with Crippen LogP contribution in [0.15, 0.2) is 0 Å². The third kappa shape index (κ3) is 3.46. The lowest BCUT2D eigenvalue weighted by Crippen LogP contribution is -2.37. The fourth-order valence-corrected chi connectivity index (χ4v) is 3.97. The number of rotatable bonds is 5. The van der Waals surface area contributed by atoms with Crippen molar-refractivity contribution in [3.8, 4) is 6.07 Å². The fourth-order valence-electron chi connectivity index (χ4n) is 3.97. The number of hydrogen-bond donors (Lipinski definition) is 1. The molecule has 6 heteroatoms. The zero-order valence-corrected chi connectivity index (χ0v) is 14.5. The average molecular weight is 330 g/mol. The normalized spacial score (nSPS) is 23.7. The Morgan fingerprint density at radius 1 is 1.42 bits per heavy atom. The number of carbonyl (C=O) groups excluding carboxylic acids is 1. The molecule has 2 aliphatic rings. The zero-order valence-electron chi connectivity index (χ0n) is 14.5. The smallest absolute Gasteiger partial charge is 0.274 e. The second-order valence-electron chi connectivity index (χ2n) is 7.07. The topological polar surface area (TPSA) is 82.0 Å². The molecule has 0 aromatic carbocycles. The fraction of sp³-hybridized carbons (Fsp3) is 0.722. The minimum Gasteiger partial charge on any atom is -0.369 e. The molecule has 0 saturated heterocycles. The van der Waals surface area contributed by atoms with Gasteiger partial charge in [0.25, 0.3) is 5.91 Å². The summed E-state index contributed by atoms with van der Waals surface area (Å²) in [6.07, 6.45) is 5.92. The van der Waals surface area contributed by atoms with E-state index in [0.717, 1.165) is 17.8 Å². The molecule has 0 radical (unpaired) electrons. The molecule has 0 unspecified atom stereocenters. The van der Waals surface area contributed by atoms with Gasteiger partial charge >= 0.3 is 0 Å². The lowest BCUT2D eigenvalue weighted by molar-refractivity contribution is -0.00702. The third-order valence-corrected chi connectivity index (χ3v) is 5.17. The van der Waals surface area contributed by atoms with E-state index in [2.05, 4.69) is 16.3 Å². The van der Waals surface area contributed by atoms with Crippen LogP contribution in [0.2, 0.25) is 0 Å². The molecule has 3 rings (SSSR count). The van der Waals surface area contributed by atoms with Gasteiger partial charge in [-0.1, -0.05) is 12.8 Å². The monoisotopic (exact) mass is 330 g/mol. The summed E-state index contributed by atoms with van der Waals surface area (Å²) in [4.78, 5) is 14.9. The zero-order chi connectivity index (χ0) is 17.1. The molecule has 1 N–H and O–H groups in total. The van der Waals surface area contributed by atoms with Crippen molar-refractivity contribution in [3.63, 3.8) is 0 Å². The van der Waals surface area contributed by atoms with Crippen molar-refractivity contribution in [2.75, 3.05) is 13.1 Å². The van der Waals surface area contributed by atoms with Crippen LogP contribution in [0.1, 0.15) is 73.8 Å². The van der Waals surface area contributed by atoms with E-state index in [1.165, 1.54) is 25.7 Å². The Kier molecular flexibility index (Phi) is 5.20. The van der Waals surface area contributed by atoms with E-state index in [1.54, 1.807) is 0 Å². The highest BCUT2D eigenvalue weighted by Crippen LogP contribution is 2.31. The summed E-state index contributed by atoms with van der Waals surface area (Å²) in [5.41, 5.74) is 2.42. The average Bonchev–Trinajstić information content (AvgIpc) is 3.20. The van der Waals surface area contributed by atoms with Crippen LogP contribution in [-0.4, -0.2) is 40.2 Å². The van der Waals surface area contributed by atoms with Crippen molar-refractivity contribution in [2.24, 2.45) is 5.92 Å². The molecular weight excluding hydrogens is 304 g/mol. The number of nitrogens with zero attached hydrogens (tertiary/aromatic N) is 3. The van der Waals surface area contributed by atoms with Crippen LogP contribution in [0.3, 0.4) is 0 Å². The van der Waals surface area contributed by atoms with Crippen molar-refractivity contribution in [2.45, 2.75) is 64.6 Å². The predicted octanol–water partition coefficient (Wildman–Crippen LogP) is 2.98. The summed E-state index contributed by atoms with van der Waals surface area (Å²) in [6, 6.07) is 2.16. The van der Waals surface area contributed by atoms with Crippen molar-refractivity contribution < 1.29 is 9.53 Å². The molecule has 1 aliphatic heterocycles. The van der Waals surface area contributed by atoms with Crippen molar-refractivity contribution in [1.82, 2.24) is 15.1 Å². The number of nitrogens with one attached hydrogen (secondary N) is 1. The van der Waals surface area contributed by atoms with Crippen molar-refractivity contribution in [3.05, 3.63) is 17.0 Å². The first kappa shape index (κ1) is 17.0. The van der Waals surface area contributed by atoms with Gasteiger partial charge in [0.2, 0.25) is 0 Å². The Bertz CT molecular complexity index is 627. The number of ether oxygens (including phenoxy) is 1. The summed E-state index contributed by atoms with van der Waals surface area (Å²) in [6.45, 7) is 5.22. The molecule has 1 amide bonds. The number of aromatic amines is 1. The number of hydrogen-bond acceptors (Lipinski definition) is 4. The predicted molar refractivity (Wildman–Crippen MR) is 89.3 cm³/mol. The highest BCUT2D eigenvalue weighted by atomic mass is 16.5. The summed E-state index contributed by atoms with van der Waals surface area (Å²) in [5, 5.41) is 16.2. The Balaban J connectivity index is 1.80. The summed E-state index contributed by atoms with van der Waals surface area (Å²) >= 11 is 0. The third-order valence-electron chi connectivity index (χ3n) is 5.17. The minimum absolute atomic E-state index is 0.0454. The van der Waals surface area contributed by atoms with Gasteiger partial charge in [-0.3, -0.25) is 9.89 Å². The van der Waals surface area contributed by atoms with E-state index in [0.29, 0.717) is 31.0 Å². The van der Waals surface area contributed by atoms with E-state index >= 15 is 0 Å². The van der Waals surface area contributed by atoms with Gasteiger partial charge in [0, 0.05) is 25.1 Å². The van der Waals surface area contributed by atoms with Gasteiger partial charge in [0.1, 0.15) is 0 Å². The molecule has 1 fully saturated rings. The molecule has 2 heterocycles. The van der Waals surface area contributed by atoms with E-state index in [-0.39, 0.29) is 18.1 Å². The van der Waals surface area contributed by atoms with Crippen LogP contribution < -0.4 is 0 Å². The molecule has 6 nitrogen and oxygen atoms in total. The highest BCUT2D eigenvalue weighted by molar-refractivity contribution is 5.94. The van der Waals surface area contributed by atoms with E-state index in [1.807, 2.05) is 18.7 Å². The van der Waals surface area contributed by atoms with Gasteiger partial charge in [-0.05, 0) is 32.6 Å². The van der Waals surface area contributed by atoms with Gasteiger partial charge in [-0.2, -0.15) is 10.4 Å². The number of H-pyrrole nitrogens is 1. The van der Waals surface area contributed by atoms with Gasteiger partial charge in [-0.15, -0.1) is 0 Å². The van der Waals surface area contributed by atoms with Crippen LogP contribution in [0, 0.1) is 17.2 Å². The molecule has 1 aromatic rings. The number of nitriles is 1. The first-order valence-corrected chi connectivity index (χ1v) is 8.99. The molecule has 24 heavy (non-hydrogen) atoms. The van der Waals surface area contributed by atoms with Gasteiger partial charge < -0.3 is 9.64 Å². The van der Waals surface area contributed by atoms with Gasteiger partial charge in [-0.25, -0.2) is 0 Å². The lowest BCUT2D eigenvalue weighted by atomic mass is 9.99. The van der Waals surface area contributed by atoms with Crippen molar-refractivity contribution >= 4 is 5.91 Å². The standard InChI is InChI=1S/C18H26N4O2/c1-12-10-15-16(13(2)24-12)20-21-17(15)18(23)22(9-5-8-19)11-14-6-3-4-7-14/h12-14H,3-7,9-11H2,1-2H3,(H,20,21)/t12-,13+/m1/s1. The summed E-state index contributed by atoms with van der Waals surface area (Å²) < 4.78 is 5.80. The number of fused-ring (bicyclic) bond motifs is 1. The highest BCUT2D eigenvalue weighted by Gasteiger charge is 2.32. The maximum absolute atomic E-state index is 13.1. The molecule has 0 bridgehead atoms. The first-order chi connectivity index (χ1) is 11.6. The van der Waals surface area contributed by atoms with Crippen LogP contribution >= 0.6 is 0 Å². The molecule has 1 aliphatic carbocycles. The Labute approximate surface area is 143 Å². The van der Waals surface area contributed by atoms with Crippen LogP contribution in [0.25, 0.3) is 0 Å². The molecule has 1 saturated carbocycles. The molecule has 0 spiro atoms. The Hall–Kier alpha value is -1.87. The number of amides is 1. The van der Waals surface area contributed by atoms with Crippen LogP contribution in [0.5, 0.6) is 0 Å². The quantitative estimate of drug-likeness (QED) is 0.900. The van der Waals surface area contributed by atoms with E-state index < -0.39 is 0 Å². The largest absolute Gasteiger partial charge is 0.369 e. The van der Waals surface area contributed by atoms with Crippen LogP contribution in [-0.2, 0) is 11.2 Å². The van der Waals surface area contributed by atoms with Crippen LogP contribution in [0.4, 0.5) is 0 Å². The van der Waals surface area contributed by atoms with E-state index in [4.69, 9.17) is 10.00 Å². The Morgan fingerprint density at radius 2 is 2.17 bits per heavy atom. The molecule has 1 aromatic heterocycles. The maximum atomic E-state index is 13.1. The Morgan fingerprint density at radius 3 is 2.88 bits per heavy atom. The van der Waals surface area contributed by atoms with E-state index in [9.17, 15) is 4.79 Å². The minimum atomic E-state index is -0.0693. The summed E-state index contributed by atoms with van der Waals surface area (Å²) in [5.74, 6) is 0.513. The molecule has 130 valence electrons. The number of aromatic nitrogens is 2. The molecule has 2 atom stereocenters. The van der Waals surface area contributed by atoms with Crippen molar-refractivity contribution in [1.29, 1.82) is 5.26 Å². The summed E-state index contributed by atoms with van der Waals surface area (Å²) in [7, 11) is 0.